The van der Waals surface area contributed by atoms with Crippen molar-refractivity contribution >= 4 is 48.0 Å². The number of rotatable bonds is 6. The molecule has 0 saturated carbocycles. The number of carbonyl (C=O) groups is 1. The van der Waals surface area contributed by atoms with Crippen molar-refractivity contribution in [2.45, 2.75) is 26.1 Å². The third kappa shape index (κ3) is 7.34. The Labute approximate surface area is 156 Å². The molecule has 0 bridgehead atoms. The zero-order valence-corrected chi connectivity index (χ0v) is 15.5. The van der Waals surface area contributed by atoms with Crippen molar-refractivity contribution in [1.29, 1.82) is 0 Å². The summed E-state index contributed by atoms with van der Waals surface area (Å²) >= 11 is 5.88. The fourth-order valence-corrected chi connectivity index (χ4v) is 2.05. The summed E-state index contributed by atoms with van der Waals surface area (Å²) in [4.78, 5) is 12.0. The van der Waals surface area contributed by atoms with E-state index in [1.165, 1.54) is 6.07 Å². The summed E-state index contributed by atoms with van der Waals surface area (Å²) in [5.41, 5.74) is 4.76. The minimum absolute atomic E-state index is 0. The molecule has 0 aromatic heterocycles. The first-order chi connectivity index (χ1) is 10.2. The standard InChI is InChI=1S/C14H19ClF3N3O.2ClH/c1-8(2)12(13(22)20-6-5-19)21-11-4-3-9(7-10(11)15)14(16,17)18;;/h3-4,7-8,12,21H,5-6,19H2,1-2H3,(H,20,22);2*1H. The molecule has 1 unspecified atom stereocenters. The highest BCUT2D eigenvalue weighted by atomic mass is 35.5. The fraction of sp³-hybridized carbons (Fsp3) is 0.500. The van der Waals surface area contributed by atoms with Crippen molar-refractivity contribution < 1.29 is 18.0 Å². The quantitative estimate of drug-likeness (QED) is 0.670. The SMILES string of the molecule is CC(C)C(Nc1ccc(C(F)(F)F)cc1Cl)C(=O)NCCN.Cl.Cl. The van der Waals surface area contributed by atoms with Crippen LogP contribution in [0.5, 0.6) is 0 Å². The maximum atomic E-state index is 12.6. The van der Waals surface area contributed by atoms with Gasteiger partial charge >= 0.3 is 6.18 Å². The van der Waals surface area contributed by atoms with Gasteiger partial charge < -0.3 is 16.4 Å². The van der Waals surface area contributed by atoms with Crippen molar-refractivity contribution in [2.24, 2.45) is 11.7 Å². The average Bonchev–Trinajstić information content (AvgIpc) is 2.41. The van der Waals surface area contributed by atoms with Crippen LogP contribution in [0.15, 0.2) is 18.2 Å². The second-order valence-electron chi connectivity index (χ2n) is 5.14. The molecular weight excluding hydrogens is 390 g/mol. The Kier molecular flexibility index (Phi) is 11.5. The Hall–Kier alpha value is -0.890. The minimum Gasteiger partial charge on any atom is -0.372 e. The van der Waals surface area contributed by atoms with E-state index in [-0.39, 0.29) is 47.3 Å². The summed E-state index contributed by atoms with van der Waals surface area (Å²) in [6.45, 7) is 4.26. The number of hydrogen-bond donors (Lipinski definition) is 3. The van der Waals surface area contributed by atoms with Crippen molar-refractivity contribution in [3.05, 3.63) is 28.8 Å². The maximum Gasteiger partial charge on any atom is 0.416 e. The van der Waals surface area contributed by atoms with Crippen LogP contribution in [0.2, 0.25) is 5.02 Å². The van der Waals surface area contributed by atoms with Crippen LogP contribution in [-0.2, 0) is 11.0 Å². The smallest absolute Gasteiger partial charge is 0.372 e. The molecule has 1 aromatic rings. The second-order valence-corrected chi connectivity index (χ2v) is 5.55. The van der Waals surface area contributed by atoms with Gasteiger partial charge in [0.25, 0.3) is 0 Å². The Morgan fingerprint density at radius 1 is 1.29 bits per heavy atom. The van der Waals surface area contributed by atoms with E-state index in [9.17, 15) is 18.0 Å². The molecule has 1 amide bonds. The van der Waals surface area contributed by atoms with Gasteiger partial charge in [-0.1, -0.05) is 25.4 Å². The number of anilines is 1. The van der Waals surface area contributed by atoms with Gasteiger partial charge in [-0.2, -0.15) is 13.2 Å². The Morgan fingerprint density at radius 3 is 2.29 bits per heavy atom. The highest BCUT2D eigenvalue weighted by Gasteiger charge is 2.31. The number of nitrogens with two attached hydrogens (primary N) is 1. The average molecular weight is 411 g/mol. The Balaban J connectivity index is 0. The van der Waals surface area contributed by atoms with E-state index in [1.807, 2.05) is 13.8 Å². The van der Waals surface area contributed by atoms with Crippen LogP contribution in [0.4, 0.5) is 18.9 Å². The summed E-state index contributed by atoms with van der Waals surface area (Å²) < 4.78 is 37.8. The predicted molar refractivity (Wildman–Crippen MR) is 95.3 cm³/mol. The number of hydrogen-bond acceptors (Lipinski definition) is 3. The van der Waals surface area contributed by atoms with Gasteiger partial charge in [-0.15, -0.1) is 24.8 Å². The molecule has 0 saturated heterocycles. The summed E-state index contributed by atoms with van der Waals surface area (Å²) in [5.74, 6) is -0.368. The van der Waals surface area contributed by atoms with Crippen LogP contribution in [0, 0.1) is 5.92 Å². The van der Waals surface area contributed by atoms with Gasteiger partial charge in [0.1, 0.15) is 6.04 Å². The van der Waals surface area contributed by atoms with Gasteiger partial charge in [0.15, 0.2) is 0 Å². The number of alkyl halides is 3. The van der Waals surface area contributed by atoms with Crippen molar-refractivity contribution in [3.63, 3.8) is 0 Å². The monoisotopic (exact) mass is 409 g/mol. The minimum atomic E-state index is -4.46. The summed E-state index contributed by atoms with van der Waals surface area (Å²) in [5, 5.41) is 5.43. The van der Waals surface area contributed by atoms with Crippen LogP contribution in [0.25, 0.3) is 0 Å². The molecule has 0 aliphatic carbocycles. The third-order valence-electron chi connectivity index (χ3n) is 3.00. The Morgan fingerprint density at radius 2 is 1.88 bits per heavy atom. The first kappa shape index (κ1) is 25.4. The van der Waals surface area contributed by atoms with Crippen molar-refractivity contribution in [2.75, 3.05) is 18.4 Å². The molecule has 0 aliphatic rings. The summed E-state index contributed by atoms with van der Waals surface area (Å²) in [6.07, 6.45) is -4.46. The van der Waals surface area contributed by atoms with Crippen LogP contribution in [0.1, 0.15) is 19.4 Å². The van der Waals surface area contributed by atoms with Crippen LogP contribution in [0.3, 0.4) is 0 Å². The van der Waals surface area contributed by atoms with E-state index in [0.29, 0.717) is 13.1 Å². The molecule has 4 nitrogen and oxygen atoms in total. The lowest BCUT2D eigenvalue weighted by Gasteiger charge is -2.23. The molecule has 24 heavy (non-hydrogen) atoms. The van der Waals surface area contributed by atoms with E-state index in [4.69, 9.17) is 17.3 Å². The first-order valence-corrected chi connectivity index (χ1v) is 7.15. The van der Waals surface area contributed by atoms with Gasteiger partial charge in [0.2, 0.25) is 5.91 Å². The molecule has 0 aliphatic heterocycles. The molecule has 0 spiro atoms. The normalized spacial score (nSPS) is 12.0. The highest BCUT2D eigenvalue weighted by molar-refractivity contribution is 6.33. The number of benzene rings is 1. The predicted octanol–water partition coefficient (Wildman–Crippen LogP) is 3.71. The largest absolute Gasteiger partial charge is 0.416 e. The van der Waals surface area contributed by atoms with E-state index >= 15 is 0 Å². The van der Waals surface area contributed by atoms with E-state index < -0.39 is 17.8 Å². The van der Waals surface area contributed by atoms with Crippen LogP contribution in [-0.4, -0.2) is 25.0 Å². The van der Waals surface area contributed by atoms with Gasteiger partial charge in [0.05, 0.1) is 16.3 Å². The molecule has 10 heteroatoms. The molecule has 1 aromatic carbocycles. The lowest BCUT2D eigenvalue weighted by Crippen LogP contribution is -2.44. The van der Waals surface area contributed by atoms with Gasteiger partial charge in [-0.3, -0.25) is 4.79 Å². The second kappa shape index (κ2) is 10.9. The number of amides is 1. The van der Waals surface area contributed by atoms with Crippen molar-refractivity contribution in [1.82, 2.24) is 5.32 Å². The molecule has 0 radical (unpaired) electrons. The fourth-order valence-electron chi connectivity index (χ4n) is 1.82. The van der Waals surface area contributed by atoms with E-state index in [2.05, 4.69) is 10.6 Å². The number of carbonyl (C=O) groups excluding carboxylic acids is 1. The van der Waals surface area contributed by atoms with Crippen LogP contribution >= 0.6 is 36.4 Å². The molecule has 0 fully saturated rings. The van der Waals surface area contributed by atoms with Gasteiger partial charge in [0, 0.05) is 13.1 Å². The molecule has 1 rings (SSSR count). The summed E-state index contributed by atoms with van der Waals surface area (Å²) in [6, 6.07) is 2.35. The zero-order valence-electron chi connectivity index (χ0n) is 13.1. The molecule has 0 heterocycles. The lowest BCUT2D eigenvalue weighted by atomic mass is 10.0. The van der Waals surface area contributed by atoms with E-state index in [1.54, 1.807) is 0 Å². The van der Waals surface area contributed by atoms with Gasteiger partial charge in [-0.05, 0) is 24.1 Å². The first-order valence-electron chi connectivity index (χ1n) is 6.78. The van der Waals surface area contributed by atoms with Gasteiger partial charge in [-0.25, -0.2) is 0 Å². The molecular formula is C14H21Cl3F3N3O. The molecule has 140 valence electrons. The van der Waals surface area contributed by atoms with Crippen LogP contribution < -0.4 is 16.4 Å². The molecule has 4 N–H and O–H groups in total. The Bertz CT molecular complexity index is 528. The third-order valence-corrected chi connectivity index (χ3v) is 3.31. The van der Waals surface area contributed by atoms with Crippen molar-refractivity contribution in [3.8, 4) is 0 Å². The zero-order chi connectivity index (χ0) is 16.9. The highest BCUT2D eigenvalue weighted by Crippen LogP contribution is 2.34. The molecule has 1 atom stereocenters. The maximum absolute atomic E-state index is 12.6. The van der Waals surface area contributed by atoms with E-state index in [0.717, 1.165) is 12.1 Å². The number of halogens is 6. The summed E-state index contributed by atoms with van der Waals surface area (Å²) in [7, 11) is 0. The number of nitrogens with one attached hydrogen (secondary N) is 2. The lowest BCUT2D eigenvalue weighted by molar-refractivity contribution is -0.137. The topological polar surface area (TPSA) is 67.2 Å².